The van der Waals surface area contributed by atoms with Gasteiger partial charge in [0.25, 0.3) is 0 Å². The minimum absolute atomic E-state index is 0.0158. The molecule has 2 atom stereocenters. The monoisotopic (exact) mass is 260 g/mol. The molecule has 1 rings (SSSR count). The van der Waals surface area contributed by atoms with Crippen LogP contribution in [0.5, 0.6) is 0 Å². The van der Waals surface area contributed by atoms with Gasteiger partial charge in [0.05, 0.1) is 11.7 Å². The number of rotatable bonds is 3. The van der Waals surface area contributed by atoms with Crippen LogP contribution in [0.25, 0.3) is 0 Å². The lowest BCUT2D eigenvalue weighted by molar-refractivity contribution is -0.139. The molecule has 0 aliphatic carbocycles. The van der Waals surface area contributed by atoms with Crippen LogP contribution >= 0.6 is 11.8 Å². The zero-order valence-electron chi connectivity index (χ0n) is 11.2. The minimum atomic E-state index is -0.558. The second-order valence-corrected chi connectivity index (χ2v) is 6.62. The highest BCUT2D eigenvalue weighted by Crippen LogP contribution is 2.15. The van der Waals surface area contributed by atoms with Crippen molar-refractivity contribution >= 4 is 17.7 Å². The molecule has 0 aromatic rings. The van der Waals surface area contributed by atoms with Crippen LogP contribution in [-0.4, -0.2) is 53.1 Å². The first-order valence-electron chi connectivity index (χ1n) is 6.11. The molecule has 100 valence electrons. The maximum atomic E-state index is 12.1. The number of hydrogen-bond donors (Lipinski definition) is 1. The lowest BCUT2D eigenvalue weighted by Crippen LogP contribution is -2.53. The molecule has 17 heavy (non-hydrogen) atoms. The van der Waals surface area contributed by atoms with Gasteiger partial charge in [0.15, 0.2) is 0 Å². The van der Waals surface area contributed by atoms with Gasteiger partial charge < -0.3 is 15.4 Å². The Morgan fingerprint density at radius 1 is 1.35 bits per heavy atom. The summed E-state index contributed by atoms with van der Waals surface area (Å²) in [7, 11) is 0. The van der Waals surface area contributed by atoms with Crippen molar-refractivity contribution in [3.8, 4) is 0 Å². The number of hydrogen-bond acceptors (Lipinski definition) is 4. The van der Waals surface area contributed by atoms with Crippen molar-refractivity contribution in [2.45, 2.75) is 45.4 Å². The molecule has 0 unspecified atom stereocenters. The molecule has 1 fully saturated rings. The van der Waals surface area contributed by atoms with Crippen LogP contribution in [0.15, 0.2) is 0 Å². The summed E-state index contributed by atoms with van der Waals surface area (Å²) >= 11 is 1.88. The molecule has 1 aliphatic rings. The SMILES string of the molecule is C[C@@H](OC(C)(C)C)[C@H](N)C(=O)N1CCSCC1. The molecule has 0 aromatic heterocycles. The maximum absolute atomic E-state index is 12.1. The van der Waals surface area contributed by atoms with Gasteiger partial charge in [-0.25, -0.2) is 0 Å². The van der Waals surface area contributed by atoms with Gasteiger partial charge in [-0.2, -0.15) is 11.8 Å². The molecule has 1 saturated heterocycles. The highest BCUT2D eigenvalue weighted by atomic mass is 32.2. The van der Waals surface area contributed by atoms with Crippen molar-refractivity contribution in [1.29, 1.82) is 0 Å². The van der Waals surface area contributed by atoms with E-state index in [0.29, 0.717) is 0 Å². The molecule has 0 aromatic carbocycles. The lowest BCUT2D eigenvalue weighted by Gasteiger charge is -2.33. The summed E-state index contributed by atoms with van der Waals surface area (Å²) < 4.78 is 5.73. The summed E-state index contributed by atoms with van der Waals surface area (Å²) in [6, 6.07) is -0.558. The van der Waals surface area contributed by atoms with Crippen molar-refractivity contribution in [2.75, 3.05) is 24.6 Å². The predicted molar refractivity (Wildman–Crippen MR) is 72.2 cm³/mol. The highest BCUT2D eigenvalue weighted by molar-refractivity contribution is 7.99. The molecule has 0 bridgehead atoms. The van der Waals surface area contributed by atoms with Gasteiger partial charge in [-0.15, -0.1) is 0 Å². The number of carbonyl (C=O) groups excluding carboxylic acids is 1. The Balaban J connectivity index is 2.50. The maximum Gasteiger partial charge on any atom is 0.242 e. The Morgan fingerprint density at radius 2 is 1.88 bits per heavy atom. The summed E-state index contributed by atoms with van der Waals surface area (Å²) in [4.78, 5) is 14.0. The Kier molecular flexibility index (Phi) is 5.28. The molecule has 0 saturated carbocycles. The van der Waals surface area contributed by atoms with Crippen molar-refractivity contribution < 1.29 is 9.53 Å². The zero-order chi connectivity index (χ0) is 13.1. The van der Waals surface area contributed by atoms with Crippen LogP contribution in [0, 0.1) is 0 Å². The van der Waals surface area contributed by atoms with Crippen LogP contribution in [0.3, 0.4) is 0 Å². The van der Waals surface area contributed by atoms with Crippen LogP contribution in [0.1, 0.15) is 27.7 Å². The lowest BCUT2D eigenvalue weighted by atomic mass is 10.1. The molecule has 1 amide bonds. The highest BCUT2D eigenvalue weighted by Gasteiger charge is 2.29. The fourth-order valence-electron chi connectivity index (χ4n) is 1.83. The van der Waals surface area contributed by atoms with E-state index in [4.69, 9.17) is 10.5 Å². The van der Waals surface area contributed by atoms with E-state index >= 15 is 0 Å². The van der Waals surface area contributed by atoms with Crippen LogP contribution in [0.4, 0.5) is 0 Å². The topological polar surface area (TPSA) is 55.6 Å². The third-order valence-corrected chi connectivity index (χ3v) is 3.60. The fourth-order valence-corrected chi connectivity index (χ4v) is 2.73. The number of nitrogens with zero attached hydrogens (tertiary/aromatic N) is 1. The van der Waals surface area contributed by atoms with Gasteiger partial charge in [0.2, 0.25) is 5.91 Å². The smallest absolute Gasteiger partial charge is 0.242 e. The summed E-state index contributed by atoms with van der Waals surface area (Å²) in [6.45, 7) is 9.39. The van der Waals surface area contributed by atoms with Gasteiger partial charge >= 0.3 is 0 Å². The van der Waals surface area contributed by atoms with Crippen LogP contribution in [0.2, 0.25) is 0 Å². The average Bonchev–Trinajstić information content (AvgIpc) is 2.26. The summed E-state index contributed by atoms with van der Waals surface area (Å²) in [6.07, 6.45) is -0.253. The first-order valence-corrected chi connectivity index (χ1v) is 7.26. The molecular formula is C12H24N2O2S. The van der Waals surface area contributed by atoms with Gasteiger partial charge in [-0.3, -0.25) is 4.79 Å². The summed E-state index contributed by atoms with van der Waals surface area (Å²) in [5.74, 6) is 2.03. The molecule has 0 spiro atoms. The average molecular weight is 260 g/mol. The Morgan fingerprint density at radius 3 is 2.35 bits per heavy atom. The second-order valence-electron chi connectivity index (χ2n) is 5.40. The zero-order valence-corrected chi connectivity index (χ0v) is 12.0. The first-order chi connectivity index (χ1) is 7.81. The molecular weight excluding hydrogens is 236 g/mol. The quantitative estimate of drug-likeness (QED) is 0.825. The number of carbonyl (C=O) groups is 1. The molecule has 1 heterocycles. The molecule has 5 heteroatoms. The molecule has 2 N–H and O–H groups in total. The van der Waals surface area contributed by atoms with Gasteiger partial charge in [-0.05, 0) is 27.7 Å². The fraction of sp³-hybridized carbons (Fsp3) is 0.917. The van der Waals surface area contributed by atoms with E-state index in [0.717, 1.165) is 24.6 Å². The number of thioether (sulfide) groups is 1. The van der Waals surface area contributed by atoms with Crippen molar-refractivity contribution in [1.82, 2.24) is 4.90 Å². The standard InChI is InChI=1S/C12H24N2O2S/c1-9(16-12(2,3)4)10(13)11(15)14-5-7-17-8-6-14/h9-10H,5-8,13H2,1-4H3/t9-,10+/m1/s1. The van der Waals surface area contributed by atoms with E-state index < -0.39 is 6.04 Å². The Hall–Kier alpha value is -0.260. The second kappa shape index (κ2) is 6.07. The third kappa shape index (κ3) is 4.85. The number of nitrogens with two attached hydrogens (primary N) is 1. The summed E-state index contributed by atoms with van der Waals surface area (Å²) in [5, 5.41) is 0. The van der Waals surface area contributed by atoms with E-state index in [1.807, 2.05) is 44.4 Å². The minimum Gasteiger partial charge on any atom is -0.371 e. The van der Waals surface area contributed by atoms with Crippen molar-refractivity contribution in [3.05, 3.63) is 0 Å². The van der Waals surface area contributed by atoms with E-state index in [1.165, 1.54) is 0 Å². The van der Waals surface area contributed by atoms with E-state index in [-0.39, 0.29) is 17.6 Å². The van der Waals surface area contributed by atoms with E-state index in [2.05, 4.69) is 0 Å². The molecule has 1 aliphatic heterocycles. The molecule has 0 radical (unpaired) electrons. The number of amides is 1. The van der Waals surface area contributed by atoms with Gasteiger partial charge in [0, 0.05) is 24.6 Å². The first kappa shape index (κ1) is 14.8. The third-order valence-electron chi connectivity index (χ3n) is 2.65. The largest absolute Gasteiger partial charge is 0.371 e. The van der Waals surface area contributed by atoms with Gasteiger partial charge in [-0.1, -0.05) is 0 Å². The van der Waals surface area contributed by atoms with Crippen molar-refractivity contribution in [3.63, 3.8) is 0 Å². The Labute approximate surface area is 108 Å². The summed E-state index contributed by atoms with van der Waals surface area (Å²) in [5.41, 5.74) is 5.71. The van der Waals surface area contributed by atoms with Gasteiger partial charge in [0.1, 0.15) is 6.04 Å². The number of ether oxygens (including phenoxy) is 1. The molecule has 4 nitrogen and oxygen atoms in total. The van der Waals surface area contributed by atoms with E-state index in [1.54, 1.807) is 0 Å². The predicted octanol–water partition coefficient (Wildman–Crippen LogP) is 1.09. The van der Waals surface area contributed by atoms with Crippen LogP contribution in [-0.2, 0) is 9.53 Å². The normalized spacial score (nSPS) is 21.1. The van der Waals surface area contributed by atoms with Crippen molar-refractivity contribution in [2.24, 2.45) is 5.73 Å². The van der Waals surface area contributed by atoms with Crippen LogP contribution < -0.4 is 5.73 Å². The van der Waals surface area contributed by atoms with E-state index in [9.17, 15) is 4.79 Å². The Bertz CT molecular complexity index is 260.